The molecule has 2 heterocycles. The molecule has 1 fully saturated rings. The number of carbonyl (C=O) groups is 2. The Morgan fingerprint density at radius 3 is 2.59 bits per heavy atom. The van der Waals surface area contributed by atoms with Crippen LogP contribution in [0.25, 0.3) is 6.08 Å². The van der Waals surface area contributed by atoms with Crippen molar-refractivity contribution in [1.82, 2.24) is 0 Å². The van der Waals surface area contributed by atoms with E-state index in [0.717, 1.165) is 36.9 Å². The van der Waals surface area contributed by atoms with Gasteiger partial charge in [-0.05, 0) is 49.4 Å². The second-order valence-corrected chi connectivity index (χ2v) is 7.40. The van der Waals surface area contributed by atoms with Gasteiger partial charge in [0.15, 0.2) is 6.61 Å². The minimum absolute atomic E-state index is 0.322. The molecule has 1 aromatic heterocycles. The van der Waals surface area contributed by atoms with Gasteiger partial charge >= 0.3 is 5.97 Å². The Kier molecular flexibility index (Phi) is 6.62. The van der Waals surface area contributed by atoms with Gasteiger partial charge in [-0.2, -0.15) is 0 Å². The highest BCUT2D eigenvalue weighted by Gasteiger charge is 2.11. The third-order valence-electron chi connectivity index (χ3n) is 4.02. The summed E-state index contributed by atoms with van der Waals surface area (Å²) in [5, 5.41) is 2.72. The summed E-state index contributed by atoms with van der Waals surface area (Å²) in [6, 6.07) is 11.5. The molecule has 0 spiro atoms. The number of anilines is 2. The summed E-state index contributed by atoms with van der Waals surface area (Å²) < 4.78 is 10.3. The smallest absolute Gasteiger partial charge is 0.331 e. The molecule has 0 saturated carbocycles. The van der Waals surface area contributed by atoms with Crippen LogP contribution in [-0.2, 0) is 19.1 Å². The van der Waals surface area contributed by atoms with Crippen LogP contribution in [0.2, 0.25) is 0 Å². The molecule has 1 saturated heterocycles. The highest BCUT2D eigenvalue weighted by molar-refractivity contribution is 7.12. The molecule has 142 valence electrons. The Hall–Kier alpha value is -2.64. The first kappa shape index (κ1) is 19.1. The summed E-state index contributed by atoms with van der Waals surface area (Å²) in [6.07, 6.45) is 3.01. The maximum atomic E-state index is 11.9. The number of ether oxygens (including phenoxy) is 2. The molecule has 1 aromatic carbocycles. The van der Waals surface area contributed by atoms with Gasteiger partial charge in [0.05, 0.1) is 13.2 Å². The quantitative estimate of drug-likeness (QED) is 0.610. The van der Waals surface area contributed by atoms with E-state index < -0.39 is 5.97 Å². The Bertz CT molecular complexity index is 808. The second-order valence-electron chi connectivity index (χ2n) is 6.08. The minimum Gasteiger partial charge on any atom is -0.452 e. The number of nitrogens with zero attached hydrogens (tertiary/aromatic N) is 1. The van der Waals surface area contributed by atoms with E-state index in [0.29, 0.717) is 5.69 Å². The first-order valence-corrected chi connectivity index (χ1v) is 9.56. The number of hydrogen-bond donors (Lipinski definition) is 1. The van der Waals surface area contributed by atoms with E-state index in [9.17, 15) is 9.59 Å². The van der Waals surface area contributed by atoms with Crippen LogP contribution in [0.1, 0.15) is 9.75 Å². The van der Waals surface area contributed by atoms with Crippen LogP contribution < -0.4 is 10.2 Å². The number of carbonyl (C=O) groups excluding carboxylic acids is 2. The number of nitrogens with one attached hydrogen (secondary N) is 1. The average Bonchev–Trinajstić information content (AvgIpc) is 3.11. The lowest BCUT2D eigenvalue weighted by atomic mass is 10.2. The monoisotopic (exact) mass is 386 g/mol. The Morgan fingerprint density at radius 1 is 1.19 bits per heavy atom. The molecule has 1 aliphatic rings. The van der Waals surface area contributed by atoms with E-state index in [-0.39, 0.29) is 12.5 Å². The lowest BCUT2D eigenvalue weighted by Gasteiger charge is -2.28. The number of hydrogen-bond acceptors (Lipinski definition) is 6. The van der Waals surface area contributed by atoms with Crippen LogP contribution in [0.15, 0.2) is 42.5 Å². The lowest BCUT2D eigenvalue weighted by molar-refractivity contribution is -0.142. The SMILES string of the molecule is Cc1ccc(/C=C/C(=O)OCC(=O)Nc2ccc(N3CCOCC3)cc2)s1. The van der Waals surface area contributed by atoms with Gasteiger partial charge in [-0.1, -0.05) is 0 Å². The highest BCUT2D eigenvalue weighted by atomic mass is 32.1. The predicted molar refractivity (Wildman–Crippen MR) is 107 cm³/mol. The molecular formula is C20H22N2O4S. The summed E-state index contributed by atoms with van der Waals surface area (Å²) in [5.41, 5.74) is 1.76. The third kappa shape index (κ3) is 5.94. The molecule has 1 N–H and O–H groups in total. The van der Waals surface area contributed by atoms with Gasteiger partial charge in [0.2, 0.25) is 0 Å². The average molecular weight is 386 g/mol. The van der Waals surface area contributed by atoms with Gasteiger partial charge in [0.25, 0.3) is 5.91 Å². The predicted octanol–water partition coefficient (Wildman–Crippen LogP) is 3.09. The maximum Gasteiger partial charge on any atom is 0.331 e. The molecule has 7 heteroatoms. The molecule has 1 aliphatic heterocycles. The van der Waals surface area contributed by atoms with Gasteiger partial charge in [-0.15, -0.1) is 11.3 Å². The molecule has 2 aromatic rings. The zero-order valence-electron chi connectivity index (χ0n) is 15.1. The van der Waals surface area contributed by atoms with Crippen molar-refractivity contribution in [2.45, 2.75) is 6.92 Å². The number of benzene rings is 1. The van der Waals surface area contributed by atoms with E-state index in [1.165, 1.54) is 11.0 Å². The fraction of sp³-hybridized carbons (Fsp3) is 0.300. The van der Waals surface area contributed by atoms with Crippen LogP contribution in [0.4, 0.5) is 11.4 Å². The molecule has 3 rings (SSSR count). The van der Waals surface area contributed by atoms with Crippen LogP contribution in [0.3, 0.4) is 0 Å². The number of rotatable bonds is 6. The van der Waals surface area contributed by atoms with E-state index >= 15 is 0 Å². The molecular weight excluding hydrogens is 364 g/mol. The molecule has 27 heavy (non-hydrogen) atoms. The molecule has 1 amide bonds. The topological polar surface area (TPSA) is 67.9 Å². The minimum atomic E-state index is -0.543. The summed E-state index contributed by atoms with van der Waals surface area (Å²) in [5.74, 6) is -0.915. The van der Waals surface area contributed by atoms with Crippen molar-refractivity contribution in [3.8, 4) is 0 Å². The van der Waals surface area contributed by atoms with Crippen LogP contribution >= 0.6 is 11.3 Å². The zero-order chi connectivity index (χ0) is 19.1. The van der Waals surface area contributed by atoms with Crippen LogP contribution in [-0.4, -0.2) is 44.8 Å². The second kappa shape index (κ2) is 9.34. The van der Waals surface area contributed by atoms with E-state index in [1.54, 1.807) is 17.4 Å². The summed E-state index contributed by atoms with van der Waals surface area (Å²) in [4.78, 5) is 28.0. The Balaban J connectivity index is 1.43. The molecule has 0 aliphatic carbocycles. The number of aryl methyl sites for hydroxylation is 1. The van der Waals surface area contributed by atoms with Crippen molar-refractivity contribution < 1.29 is 19.1 Å². The highest BCUT2D eigenvalue weighted by Crippen LogP contribution is 2.19. The van der Waals surface area contributed by atoms with Crippen molar-refractivity contribution in [2.24, 2.45) is 0 Å². The van der Waals surface area contributed by atoms with Gasteiger partial charge < -0.3 is 19.7 Å². The molecule has 0 radical (unpaired) electrons. The van der Waals surface area contributed by atoms with Gasteiger partial charge in [0, 0.05) is 40.3 Å². The maximum absolute atomic E-state index is 11.9. The van der Waals surface area contributed by atoms with Crippen molar-refractivity contribution in [1.29, 1.82) is 0 Å². The summed E-state index contributed by atoms with van der Waals surface area (Å²) in [7, 11) is 0. The molecule has 0 unspecified atom stereocenters. The molecule has 0 bridgehead atoms. The number of esters is 1. The van der Waals surface area contributed by atoms with Crippen molar-refractivity contribution in [2.75, 3.05) is 43.1 Å². The standard InChI is InChI=1S/C20H22N2O4S/c1-15-2-7-18(27-15)8-9-20(24)26-14-19(23)21-16-3-5-17(6-4-16)22-10-12-25-13-11-22/h2-9H,10-14H2,1H3,(H,21,23)/b9-8+. The summed E-state index contributed by atoms with van der Waals surface area (Å²) in [6.45, 7) is 4.85. The van der Waals surface area contributed by atoms with Crippen LogP contribution in [0.5, 0.6) is 0 Å². The Labute approximate surface area is 162 Å². The first-order chi connectivity index (χ1) is 13.1. The van der Waals surface area contributed by atoms with Gasteiger partial charge in [-0.3, -0.25) is 4.79 Å². The number of thiophene rings is 1. The Morgan fingerprint density at radius 2 is 1.93 bits per heavy atom. The van der Waals surface area contributed by atoms with Crippen molar-refractivity contribution in [3.63, 3.8) is 0 Å². The molecule has 0 atom stereocenters. The molecule has 6 nitrogen and oxygen atoms in total. The lowest BCUT2D eigenvalue weighted by Crippen LogP contribution is -2.36. The number of amides is 1. The largest absolute Gasteiger partial charge is 0.452 e. The van der Waals surface area contributed by atoms with Crippen LogP contribution in [0, 0.1) is 6.92 Å². The zero-order valence-corrected chi connectivity index (χ0v) is 16.0. The fourth-order valence-corrected chi connectivity index (χ4v) is 3.43. The van der Waals surface area contributed by atoms with Gasteiger partial charge in [-0.25, -0.2) is 4.79 Å². The van der Waals surface area contributed by atoms with Crippen molar-refractivity contribution in [3.05, 3.63) is 52.2 Å². The van der Waals surface area contributed by atoms with E-state index in [4.69, 9.17) is 9.47 Å². The van der Waals surface area contributed by atoms with Gasteiger partial charge in [0.1, 0.15) is 0 Å². The summed E-state index contributed by atoms with van der Waals surface area (Å²) >= 11 is 1.58. The normalized spacial score (nSPS) is 14.3. The van der Waals surface area contributed by atoms with Crippen molar-refractivity contribution >= 4 is 40.7 Å². The third-order valence-corrected chi connectivity index (χ3v) is 4.98. The fourth-order valence-electron chi connectivity index (χ4n) is 2.65. The van der Waals surface area contributed by atoms with E-state index in [2.05, 4.69) is 10.2 Å². The number of morpholine rings is 1. The first-order valence-electron chi connectivity index (χ1n) is 8.74. The van der Waals surface area contributed by atoms with E-state index in [1.807, 2.05) is 43.3 Å².